The summed E-state index contributed by atoms with van der Waals surface area (Å²) in [7, 11) is 13.5. The van der Waals surface area contributed by atoms with E-state index in [0.29, 0.717) is 149 Å². The lowest BCUT2D eigenvalue weighted by Gasteiger charge is -2.22. The van der Waals surface area contributed by atoms with E-state index in [4.69, 9.17) is 86.4 Å². The Morgan fingerprint density at radius 1 is 0.289 bits per heavy atom. The second-order valence-corrected chi connectivity index (χ2v) is 35.4. The molecule has 10 aromatic carbocycles. The van der Waals surface area contributed by atoms with Gasteiger partial charge in [0.05, 0.1) is 77.3 Å². The van der Waals surface area contributed by atoms with E-state index in [1.807, 2.05) is 165 Å². The molecule has 0 spiro atoms. The van der Waals surface area contributed by atoms with Crippen LogP contribution in [0.3, 0.4) is 0 Å². The molecule has 0 N–H and O–H groups in total. The van der Waals surface area contributed by atoms with Crippen LogP contribution in [0.1, 0.15) is 178 Å². The minimum Gasteiger partial charge on any atom is -0.493 e. The minimum atomic E-state index is -0.321. The number of likely N-dealkylation sites (N-methyl/N-ethyl adjacent to an activating group) is 5. The zero-order chi connectivity index (χ0) is 98.2. The van der Waals surface area contributed by atoms with Crippen LogP contribution in [0.5, 0.6) is 34.5 Å². The summed E-state index contributed by atoms with van der Waals surface area (Å²) in [6.07, 6.45) is 0. The molecule has 4 heterocycles. The van der Waals surface area contributed by atoms with Crippen LogP contribution in [-0.2, 0) is 26.2 Å². The number of ether oxygens (including phenoxy) is 6. The molecular formula is C105H119Cl5N10O15. The summed E-state index contributed by atoms with van der Waals surface area (Å²) in [5.74, 6) is 0.252. The lowest BCUT2D eigenvalue weighted by molar-refractivity contribution is 0.0625. The van der Waals surface area contributed by atoms with Crippen molar-refractivity contribution in [3.8, 4) is 34.5 Å². The standard InChI is InChI=1S/2C22H25ClN2O3.C21H27ClN2O3.2C20H21ClN2O3/c2*1-4-24(5-2)11-12-28-19-8-6-7-17-20(19)22(27)25(21(17)26)14-16-9-10-18(23)15(3)13-16;1-6-26-18-8-7-9-19(27-13-12-23(3)4)20(18)21(25)24(5)16-10-11-17(22)15(2)14-16;2*1-13-11-14(7-8-16(13)21)12-23-19(24)15-5-4-6-17(18(15)20(23)25)26-10-9-22(2)3/h2*6-10,13H,4-5,11-12,14H2,1-3H3;7-11,14H,6,12-13H2,1-5H3;2*4-8,11H,9-10,12H2,1-3H3. The average molecular weight is 1940 g/mol. The predicted octanol–water partition coefficient (Wildman–Crippen LogP) is 19.4. The normalized spacial score (nSPS) is 12.9. The number of amides is 9. The van der Waals surface area contributed by atoms with E-state index in [9.17, 15) is 43.2 Å². The first kappa shape index (κ1) is 105. The summed E-state index contributed by atoms with van der Waals surface area (Å²) < 4.78 is 34.8. The van der Waals surface area contributed by atoms with E-state index < -0.39 is 0 Å². The molecule has 25 nitrogen and oxygen atoms in total. The van der Waals surface area contributed by atoms with Crippen molar-refractivity contribution < 1.29 is 71.6 Å². The highest BCUT2D eigenvalue weighted by atomic mass is 35.5. The number of carbonyl (C=O) groups excluding carboxylic acids is 9. The number of anilines is 1. The van der Waals surface area contributed by atoms with Crippen molar-refractivity contribution in [1.29, 1.82) is 0 Å². The maximum atomic E-state index is 13.3. The monoisotopic (exact) mass is 1930 g/mol. The zero-order valence-corrected chi connectivity index (χ0v) is 83.5. The van der Waals surface area contributed by atoms with Gasteiger partial charge in [0.15, 0.2) is 0 Å². The molecule has 714 valence electrons. The van der Waals surface area contributed by atoms with E-state index >= 15 is 0 Å². The molecule has 135 heavy (non-hydrogen) atoms. The van der Waals surface area contributed by atoms with Gasteiger partial charge in [0.25, 0.3) is 53.2 Å². The number of hydrogen-bond donors (Lipinski definition) is 0. The highest BCUT2D eigenvalue weighted by molar-refractivity contribution is 6.33. The van der Waals surface area contributed by atoms with E-state index in [2.05, 4.69) is 37.5 Å². The van der Waals surface area contributed by atoms with Gasteiger partial charge in [0.1, 0.15) is 73.1 Å². The number of benzene rings is 10. The van der Waals surface area contributed by atoms with Gasteiger partial charge in [-0.1, -0.05) is 165 Å². The summed E-state index contributed by atoms with van der Waals surface area (Å²) in [5, 5.41) is 3.31. The second-order valence-electron chi connectivity index (χ2n) is 33.4. The molecule has 0 bridgehead atoms. The third kappa shape index (κ3) is 26.9. The first-order chi connectivity index (χ1) is 64.5. The molecule has 0 fully saturated rings. The van der Waals surface area contributed by atoms with Gasteiger partial charge in [-0.3, -0.25) is 62.8 Å². The molecule has 10 aromatic rings. The van der Waals surface area contributed by atoms with E-state index in [1.54, 1.807) is 127 Å². The Balaban J connectivity index is 0.000000175. The van der Waals surface area contributed by atoms with Crippen molar-refractivity contribution in [3.05, 3.63) is 307 Å². The van der Waals surface area contributed by atoms with Crippen molar-refractivity contribution in [1.82, 2.24) is 44.1 Å². The Morgan fingerprint density at radius 2 is 0.526 bits per heavy atom. The van der Waals surface area contributed by atoms with Crippen LogP contribution in [0, 0.1) is 34.6 Å². The fourth-order valence-electron chi connectivity index (χ4n) is 15.1. The third-order valence-corrected chi connectivity index (χ3v) is 25.1. The van der Waals surface area contributed by atoms with Crippen LogP contribution >= 0.6 is 58.0 Å². The molecule has 0 radical (unpaired) electrons. The first-order valence-electron chi connectivity index (χ1n) is 44.8. The van der Waals surface area contributed by atoms with Crippen molar-refractivity contribution in [2.75, 3.05) is 153 Å². The first-order valence-corrected chi connectivity index (χ1v) is 46.7. The summed E-state index contributed by atoms with van der Waals surface area (Å²) in [6, 6.07) is 53.6. The van der Waals surface area contributed by atoms with Gasteiger partial charge in [-0.15, -0.1) is 0 Å². The van der Waals surface area contributed by atoms with Gasteiger partial charge in [-0.2, -0.15) is 0 Å². The lowest BCUT2D eigenvalue weighted by atomic mass is 10.1. The summed E-state index contributed by atoms with van der Waals surface area (Å²) >= 11 is 30.4. The van der Waals surface area contributed by atoms with Gasteiger partial charge in [-0.05, 0) is 263 Å². The average Bonchev–Trinajstić information content (AvgIpc) is 1.62. The van der Waals surface area contributed by atoms with E-state index in [1.165, 1.54) is 19.6 Å². The number of halogens is 5. The van der Waals surface area contributed by atoms with Gasteiger partial charge < -0.3 is 57.8 Å². The largest absolute Gasteiger partial charge is 0.493 e. The molecule has 4 aliphatic heterocycles. The number of nitrogens with zero attached hydrogens (tertiary/aromatic N) is 10. The highest BCUT2D eigenvalue weighted by Crippen LogP contribution is 2.39. The van der Waals surface area contributed by atoms with Gasteiger partial charge >= 0.3 is 0 Å². The Kier molecular flexibility index (Phi) is 38.8. The molecule has 0 aromatic heterocycles. The van der Waals surface area contributed by atoms with Gasteiger partial charge in [0.2, 0.25) is 0 Å². The number of imide groups is 4. The Hall–Kier alpha value is -11.7. The molecule has 0 saturated carbocycles. The summed E-state index contributed by atoms with van der Waals surface area (Å²) in [6.45, 7) is 30.9. The van der Waals surface area contributed by atoms with Crippen LogP contribution in [0.4, 0.5) is 5.69 Å². The van der Waals surface area contributed by atoms with Crippen LogP contribution < -0.4 is 33.3 Å². The fraction of sp³-hybridized carbons (Fsp3) is 0.343. The molecule has 14 rings (SSSR count). The smallest absolute Gasteiger partial charge is 0.265 e. The number of fused-ring (bicyclic) bond motifs is 4. The van der Waals surface area contributed by atoms with Crippen molar-refractivity contribution in [2.24, 2.45) is 0 Å². The number of rotatable bonds is 36. The molecule has 4 aliphatic rings. The second kappa shape index (κ2) is 49.7. The Bertz CT molecular complexity index is 5670. The number of hydrogen-bond acceptors (Lipinski definition) is 20. The molecule has 0 saturated heterocycles. The van der Waals surface area contributed by atoms with Crippen LogP contribution in [-0.4, -0.2) is 245 Å². The fourth-order valence-corrected chi connectivity index (χ4v) is 15.7. The molecule has 0 unspecified atom stereocenters. The van der Waals surface area contributed by atoms with Crippen molar-refractivity contribution in [2.45, 2.75) is 95.4 Å². The third-order valence-electron chi connectivity index (χ3n) is 22.9. The van der Waals surface area contributed by atoms with Crippen LogP contribution in [0.25, 0.3) is 0 Å². The summed E-state index contributed by atoms with van der Waals surface area (Å²) in [4.78, 5) is 133. The highest BCUT2D eigenvalue weighted by Gasteiger charge is 2.43. The minimum absolute atomic E-state index is 0.194. The van der Waals surface area contributed by atoms with Crippen molar-refractivity contribution in [3.63, 3.8) is 0 Å². The molecule has 30 heteroatoms. The van der Waals surface area contributed by atoms with Crippen LogP contribution in [0.2, 0.25) is 25.1 Å². The molecular weight excluding hydrogens is 1820 g/mol. The van der Waals surface area contributed by atoms with Gasteiger partial charge in [0, 0.05) is 70.6 Å². The Labute approximate surface area is 817 Å². The van der Waals surface area contributed by atoms with Gasteiger partial charge in [-0.25, -0.2) is 0 Å². The maximum Gasteiger partial charge on any atom is 0.265 e. The molecule has 0 aliphatic carbocycles. The molecule has 9 amide bonds. The zero-order valence-electron chi connectivity index (χ0n) is 79.7. The number of carbonyl (C=O) groups is 9. The van der Waals surface area contributed by atoms with Crippen LogP contribution in [0.15, 0.2) is 182 Å². The topological polar surface area (TPSA) is 241 Å². The Morgan fingerprint density at radius 3 is 0.778 bits per heavy atom. The maximum absolute atomic E-state index is 13.3. The molecule has 0 atom stereocenters. The summed E-state index contributed by atoms with van der Waals surface area (Å²) in [5.41, 5.74) is 12.2. The predicted molar refractivity (Wildman–Crippen MR) is 533 cm³/mol. The van der Waals surface area contributed by atoms with E-state index in [0.717, 1.165) is 115 Å². The SMILES string of the molecule is CCN(CC)CCOc1cccc2c1C(=O)N(Cc1ccc(Cl)c(C)c1)C2=O.CCN(CC)CCOc1cccc2c1C(=O)N(Cc1ccc(Cl)c(C)c1)C2=O.CCOc1cccc(OCCN(C)C)c1C(=O)N(C)c1ccc(Cl)c(C)c1.Cc1cc(CN2C(=O)c3cccc(OCCN(C)C)c3C2=O)ccc1Cl.Cc1cc(CN2C(=O)c3cccc(OCCN(C)C)c3C2=O)ccc1Cl. The van der Waals surface area contributed by atoms with E-state index in [-0.39, 0.29) is 79.3 Å². The number of aryl methyl sites for hydroxylation is 5. The quantitative estimate of drug-likeness (QED) is 0.0331. The van der Waals surface area contributed by atoms with Crippen molar-refractivity contribution >= 4 is 117 Å². The lowest BCUT2D eigenvalue weighted by Crippen LogP contribution is -2.29.